The molecule has 132 valence electrons. The molecule has 0 amide bonds. The number of ether oxygens (including phenoxy) is 2. The molecule has 2 atom stereocenters. The van der Waals surface area contributed by atoms with Crippen LogP contribution in [0.15, 0.2) is 30.3 Å². The van der Waals surface area contributed by atoms with Gasteiger partial charge in [-0.15, -0.1) is 0 Å². The van der Waals surface area contributed by atoms with E-state index in [2.05, 4.69) is 35.2 Å². The Morgan fingerprint density at radius 2 is 1.62 bits per heavy atom. The molecule has 0 spiro atoms. The van der Waals surface area contributed by atoms with Crippen LogP contribution >= 0.6 is 0 Å². The van der Waals surface area contributed by atoms with Gasteiger partial charge in [-0.05, 0) is 38.8 Å². The van der Waals surface area contributed by atoms with Crippen LogP contribution in [-0.2, 0) is 15.3 Å². The second kappa shape index (κ2) is 7.55. The molecule has 1 aliphatic carbocycles. The van der Waals surface area contributed by atoms with E-state index in [1.807, 2.05) is 0 Å². The molecule has 3 nitrogen and oxygen atoms in total. The Bertz CT molecular complexity index is 508. The quantitative estimate of drug-likeness (QED) is 0.821. The van der Waals surface area contributed by atoms with Gasteiger partial charge in [0.25, 0.3) is 0 Å². The Morgan fingerprint density at radius 1 is 0.917 bits per heavy atom. The van der Waals surface area contributed by atoms with Gasteiger partial charge >= 0.3 is 0 Å². The van der Waals surface area contributed by atoms with Gasteiger partial charge in [0.2, 0.25) is 0 Å². The number of piperidine rings is 1. The lowest BCUT2D eigenvalue weighted by atomic mass is 9.80. The summed E-state index contributed by atoms with van der Waals surface area (Å²) in [6.07, 6.45) is 10.7. The zero-order valence-electron chi connectivity index (χ0n) is 14.8. The van der Waals surface area contributed by atoms with E-state index in [4.69, 9.17) is 9.47 Å². The first-order valence-electron chi connectivity index (χ1n) is 9.96. The lowest BCUT2D eigenvalue weighted by molar-refractivity contribution is -0.222. The fraction of sp³-hybridized carbons (Fsp3) is 0.714. The fourth-order valence-electron chi connectivity index (χ4n) is 4.81. The van der Waals surface area contributed by atoms with Crippen molar-refractivity contribution in [1.82, 2.24) is 4.90 Å². The molecule has 3 fully saturated rings. The first kappa shape index (κ1) is 16.6. The summed E-state index contributed by atoms with van der Waals surface area (Å²) in [6, 6.07) is 10.7. The lowest BCUT2D eigenvalue weighted by Gasteiger charge is -2.39. The summed E-state index contributed by atoms with van der Waals surface area (Å²) in [5.41, 5.74) is 1.22. The molecule has 1 aromatic carbocycles. The molecule has 0 N–H and O–H groups in total. The van der Waals surface area contributed by atoms with Crippen molar-refractivity contribution in [3.63, 3.8) is 0 Å². The summed E-state index contributed by atoms with van der Waals surface area (Å²) < 4.78 is 13.2. The maximum absolute atomic E-state index is 6.71. The largest absolute Gasteiger partial charge is 0.343 e. The third-order valence-corrected chi connectivity index (χ3v) is 6.05. The Morgan fingerprint density at radius 3 is 2.38 bits per heavy atom. The van der Waals surface area contributed by atoms with Crippen LogP contribution in [0.2, 0.25) is 0 Å². The standard InChI is InChI=1S/C21H31NO2/c1-4-10-18(11-5-1)21(19-12-6-2-7-13-19)23-17-20(24-21)16-22-14-8-3-9-15-22/h1,4-5,10-11,19-20H,2-3,6-9,12-17H2. The van der Waals surface area contributed by atoms with Crippen molar-refractivity contribution in [2.75, 3.05) is 26.2 Å². The number of hydrogen-bond acceptors (Lipinski definition) is 3. The lowest BCUT2D eigenvalue weighted by Crippen LogP contribution is -2.41. The third kappa shape index (κ3) is 3.40. The van der Waals surface area contributed by atoms with Crippen LogP contribution in [0.4, 0.5) is 0 Å². The summed E-state index contributed by atoms with van der Waals surface area (Å²) in [5, 5.41) is 0. The van der Waals surface area contributed by atoms with Crippen LogP contribution in [0.1, 0.15) is 56.9 Å². The Hall–Kier alpha value is -0.900. The SMILES string of the molecule is c1ccc(C2(C3CCCCC3)OCC(CN3CCCCC3)O2)cc1. The van der Waals surface area contributed by atoms with Gasteiger partial charge in [0.1, 0.15) is 0 Å². The Labute approximate surface area is 146 Å². The Kier molecular flexibility index (Phi) is 5.21. The van der Waals surface area contributed by atoms with Gasteiger partial charge in [-0.3, -0.25) is 0 Å². The van der Waals surface area contributed by atoms with Gasteiger partial charge in [-0.1, -0.05) is 56.0 Å². The van der Waals surface area contributed by atoms with E-state index in [9.17, 15) is 0 Å². The molecule has 4 rings (SSSR count). The molecule has 0 aromatic heterocycles. The van der Waals surface area contributed by atoms with Crippen molar-refractivity contribution in [1.29, 1.82) is 0 Å². The van der Waals surface area contributed by atoms with Crippen LogP contribution in [0.3, 0.4) is 0 Å². The monoisotopic (exact) mass is 329 g/mol. The van der Waals surface area contributed by atoms with E-state index >= 15 is 0 Å². The van der Waals surface area contributed by atoms with Gasteiger partial charge in [-0.25, -0.2) is 0 Å². The van der Waals surface area contributed by atoms with Crippen molar-refractivity contribution in [2.24, 2.45) is 5.92 Å². The van der Waals surface area contributed by atoms with E-state index < -0.39 is 5.79 Å². The molecular weight excluding hydrogens is 298 g/mol. The first-order valence-corrected chi connectivity index (χ1v) is 9.96. The predicted molar refractivity (Wildman–Crippen MR) is 95.8 cm³/mol. The highest BCUT2D eigenvalue weighted by Gasteiger charge is 2.49. The maximum atomic E-state index is 6.71. The summed E-state index contributed by atoms with van der Waals surface area (Å²) in [4.78, 5) is 2.57. The second-order valence-corrected chi connectivity index (χ2v) is 7.78. The van der Waals surface area contributed by atoms with Crippen molar-refractivity contribution in [3.05, 3.63) is 35.9 Å². The van der Waals surface area contributed by atoms with Crippen LogP contribution in [0.5, 0.6) is 0 Å². The van der Waals surface area contributed by atoms with Gasteiger partial charge < -0.3 is 14.4 Å². The fourth-order valence-corrected chi connectivity index (χ4v) is 4.81. The molecule has 2 saturated heterocycles. The predicted octanol–water partition coefficient (Wildman–Crippen LogP) is 4.32. The van der Waals surface area contributed by atoms with Crippen LogP contribution in [0, 0.1) is 5.92 Å². The van der Waals surface area contributed by atoms with Crippen LogP contribution in [0.25, 0.3) is 0 Å². The van der Waals surface area contributed by atoms with E-state index in [1.165, 1.54) is 70.0 Å². The molecule has 3 heteroatoms. The van der Waals surface area contributed by atoms with Crippen LogP contribution < -0.4 is 0 Å². The summed E-state index contributed by atoms with van der Waals surface area (Å²) in [7, 11) is 0. The van der Waals surface area contributed by atoms with Crippen molar-refractivity contribution in [2.45, 2.75) is 63.3 Å². The highest BCUT2D eigenvalue weighted by molar-refractivity contribution is 5.22. The summed E-state index contributed by atoms with van der Waals surface area (Å²) in [5.74, 6) is 0.00212. The van der Waals surface area contributed by atoms with Crippen molar-refractivity contribution in [3.8, 4) is 0 Å². The zero-order valence-corrected chi connectivity index (χ0v) is 14.8. The maximum Gasteiger partial charge on any atom is 0.198 e. The minimum absolute atomic E-state index is 0.213. The number of nitrogens with zero attached hydrogens (tertiary/aromatic N) is 1. The molecule has 24 heavy (non-hydrogen) atoms. The Balaban J connectivity index is 1.51. The number of benzene rings is 1. The van der Waals surface area contributed by atoms with E-state index in [0.717, 1.165) is 13.2 Å². The molecule has 1 saturated carbocycles. The molecular formula is C21H31NO2. The third-order valence-electron chi connectivity index (χ3n) is 6.05. The molecule has 2 aliphatic heterocycles. The smallest absolute Gasteiger partial charge is 0.198 e. The molecule has 0 bridgehead atoms. The molecule has 3 aliphatic rings. The molecule has 1 aromatic rings. The van der Waals surface area contributed by atoms with E-state index in [0.29, 0.717) is 5.92 Å². The number of likely N-dealkylation sites (tertiary alicyclic amines) is 1. The highest BCUT2D eigenvalue weighted by atomic mass is 16.7. The van der Waals surface area contributed by atoms with Gasteiger partial charge in [-0.2, -0.15) is 0 Å². The second-order valence-electron chi connectivity index (χ2n) is 7.78. The minimum Gasteiger partial charge on any atom is -0.343 e. The summed E-state index contributed by atoms with van der Waals surface area (Å²) >= 11 is 0. The van der Waals surface area contributed by atoms with Crippen molar-refractivity contribution < 1.29 is 9.47 Å². The molecule has 2 heterocycles. The first-order chi connectivity index (χ1) is 11.9. The van der Waals surface area contributed by atoms with E-state index in [-0.39, 0.29) is 6.10 Å². The molecule has 2 unspecified atom stereocenters. The van der Waals surface area contributed by atoms with Gasteiger partial charge in [0.15, 0.2) is 5.79 Å². The minimum atomic E-state index is -0.498. The van der Waals surface area contributed by atoms with Crippen molar-refractivity contribution >= 4 is 0 Å². The molecule has 0 radical (unpaired) electrons. The zero-order chi connectivity index (χ0) is 16.2. The van der Waals surface area contributed by atoms with Gasteiger partial charge in [0.05, 0.1) is 12.7 Å². The summed E-state index contributed by atoms with van der Waals surface area (Å²) in [6.45, 7) is 4.21. The van der Waals surface area contributed by atoms with E-state index in [1.54, 1.807) is 0 Å². The van der Waals surface area contributed by atoms with Gasteiger partial charge in [0, 0.05) is 18.0 Å². The highest BCUT2D eigenvalue weighted by Crippen LogP contribution is 2.46. The normalized spacial score (nSPS) is 32.9. The average molecular weight is 329 g/mol. The number of hydrogen-bond donors (Lipinski definition) is 0. The number of rotatable bonds is 4. The van der Waals surface area contributed by atoms with Crippen LogP contribution in [-0.4, -0.2) is 37.2 Å². The topological polar surface area (TPSA) is 21.7 Å². The average Bonchev–Trinajstić information content (AvgIpc) is 3.09.